The van der Waals surface area contributed by atoms with Crippen molar-refractivity contribution in [3.05, 3.63) is 47.5 Å². The van der Waals surface area contributed by atoms with Crippen molar-refractivity contribution in [3.63, 3.8) is 0 Å². The van der Waals surface area contributed by atoms with Gasteiger partial charge in [0.05, 0.1) is 29.4 Å². The van der Waals surface area contributed by atoms with E-state index in [1.807, 2.05) is 4.90 Å². The summed E-state index contributed by atoms with van der Waals surface area (Å²) in [4.78, 5) is 22.2. The molecule has 3 N–H and O–H groups in total. The van der Waals surface area contributed by atoms with Crippen LogP contribution in [0, 0.1) is 5.82 Å². The molecule has 1 amide bonds. The molecule has 3 aromatic rings. The molecule has 0 bridgehead atoms. The summed E-state index contributed by atoms with van der Waals surface area (Å²) in [5.41, 5.74) is 5.31. The van der Waals surface area contributed by atoms with Gasteiger partial charge in [-0.15, -0.1) is 0 Å². The van der Waals surface area contributed by atoms with E-state index in [4.69, 9.17) is 21.1 Å². The lowest BCUT2D eigenvalue weighted by atomic mass is 10.2. The van der Waals surface area contributed by atoms with Crippen LogP contribution in [0.25, 0.3) is 10.9 Å². The zero-order valence-corrected chi connectivity index (χ0v) is 19.5. The molecule has 1 aromatic heterocycles. The van der Waals surface area contributed by atoms with Gasteiger partial charge in [-0.1, -0.05) is 17.7 Å². The molecular weight excluding hydrogens is 449 g/mol. The van der Waals surface area contributed by atoms with Gasteiger partial charge in [0.25, 0.3) is 0 Å². The molecular formula is C23H27ClFN5O3. The number of nitrogens with zero attached hydrogens (tertiary/aromatic N) is 3. The molecule has 176 valence electrons. The number of carbonyl (C=O) groups is 1. The van der Waals surface area contributed by atoms with Crippen molar-refractivity contribution in [1.82, 2.24) is 14.9 Å². The van der Waals surface area contributed by atoms with E-state index < -0.39 is 5.82 Å². The normalized spacial score (nSPS) is 15.1. The van der Waals surface area contributed by atoms with E-state index >= 15 is 0 Å². The number of hydrogen-bond donors (Lipinski definition) is 2. The summed E-state index contributed by atoms with van der Waals surface area (Å²) in [5.74, 6) is 0.893. The Kier molecular flexibility index (Phi) is 8.24. The summed E-state index contributed by atoms with van der Waals surface area (Å²) >= 11 is 5.89. The Morgan fingerprint density at radius 1 is 1.30 bits per heavy atom. The van der Waals surface area contributed by atoms with Gasteiger partial charge >= 0.3 is 0 Å². The number of carbonyl (C=O) groups excluding carboxylic acids is 1. The van der Waals surface area contributed by atoms with Crippen LogP contribution in [0.15, 0.2) is 36.7 Å². The number of nitrogens with one attached hydrogen (secondary N) is 1. The summed E-state index contributed by atoms with van der Waals surface area (Å²) in [6, 6.07) is 8.21. The van der Waals surface area contributed by atoms with Crippen LogP contribution in [0.2, 0.25) is 5.02 Å². The van der Waals surface area contributed by atoms with E-state index in [0.717, 1.165) is 19.4 Å². The van der Waals surface area contributed by atoms with Crippen molar-refractivity contribution < 1.29 is 18.7 Å². The quantitative estimate of drug-likeness (QED) is 0.552. The number of rotatable bonds is 6. The number of hydrogen-bond acceptors (Lipinski definition) is 7. The highest BCUT2D eigenvalue weighted by molar-refractivity contribution is 6.31. The number of likely N-dealkylation sites (tertiary alicyclic amines) is 1. The highest BCUT2D eigenvalue weighted by Crippen LogP contribution is 2.36. The first-order valence-corrected chi connectivity index (χ1v) is 10.9. The fourth-order valence-electron chi connectivity index (χ4n) is 3.77. The zero-order valence-electron chi connectivity index (χ0n) is 18.8. The van der Waals surface area contributed by atoms with E-state index in [1.165, 1.54) is 19.4 Å². The third-order valence-corrected chi connectivity index (χ3v) is 5.63. The third kappa shape index (κ3) is 5.43. The predicted octanol–water partition coefficient (Wildman–Crippen LogP) is 4.14. The summed E-state index contributed by atoms with van der Waals surface area (Å²) in [6.45, 7) is 2.66. The maximum atomic E-state index is 14.4. The van der Waals surface area contributed by atoms with Gasteiger partial charge in [0.15, 0.2) is 17.3 Å². The molecule has 0 unspecified atom stereocenters. The molecule has 10 heteroatoms. The average molecular weight is 476 g/mol. The minimum absolute atomic E-state index is 0.0145. The summed E-state index contributed by atoms with van der Waals surface area (Å²) in [7, 11) is 3.05. The first kappa shape index (κ1) is 24.5. The van der Waals surface area contributed by atoms with Gasteiger partial charge in [-0.3, -0.25) is 4.79 Å². The van der Waals surface area contributed by atoms with Gasteiger partial charge in [-0.25, -0.2) is 14.4 Å². The number of aromatic nitrogens is 2. The summed E-state index contributed by atoms with van der Waals surface area (Å²) < 4.78 is 25.9. The molecule has 4 rings (SSSR count). The van der Waals surface area contributed by atoms with E-state index in [9.17, 15) is 9.18 Å². The van der Waals surface area contributed by atoms with E-state index in [2.05, 4.69) is 21.0 Å². The second kappa shape index (κ2) is 11.1. The number of anilines is 2. The molecule has 2 aromatic carbocycles. The monoisotopic (exact) mass is 475 g/mol. The van der Waals surface area contributed by atoms with Crippen molar-refractivity contribution in [2.24, 2.45) is 5.73 Å². The van der Waals surface area contributed by atoms with Crippen LogP contribution < -0.4 is 20.5 Å². The van der Waals surface area contributed by atoms with Crippen molar-refractivity contribution in [2.45, 2.75) is 25.8 Å². The van der Waals surface area contributed by atoms with Crippen LogP contribution in [0.1, 0.15) is 19.8 Å². The second-order valence-electron chi connectivity index (χ2n) is 7.29. The molecule has 1 fully saturated rings. The molecule has 2 heterocycles. The minimum Gasteiger partial charge on any atom is -0.493 e. The predicted molar refractivity (Wildman–Crippen MR) is 127 cm³/mol. The molecule has 8 nitrogen and oxygen atoms in total. The Hall–Kier alpha value is -3.17. The lowest BCUT2D eigenvalue weighted by Crippen LogP contribution is -2.37. The van der Waals surface area contributed by atoms with Crippen LogP contribution in [-0.2, 0) is 4.79 Å². The summed E-state index contributed by atoms with van der Waals surface area (Å²) in [6.07, 6.45) is 3.23. The Labute approximate surface area is 196 Å². The standard InChI is InChI=1S/C22H22ClFN4O3.CH5N/c1-13(29)28-8-4-5-14(28)11-31-20-9-15-18(10-19(20)30-2)25-12-26-22(15)27-17-7-3-6-16(23)21(17)24;1-2/h3,6-7,9-10,12,14H,4-5,8,11H2,1-2H3,(H,25,26,27);2H2,1H3/t14-;/m0./s1. The number of fused-ring (bicyclic) bond motifs is 1. The lowest BCUT2D eigenvalue weighted by molar-refractivity contribution is -0.130. The molecule has 1 aliphatic rings. The molecule has 1 saturated heterocycles. The van der Waals surface area contributed by atoms with Crippen molar-refractivity contribution in [2.75, 3.05) is 32.6 Å². The van der Waals surface area contributed by atoms with Crippen molar-refractivity contribution >= 4 is 39.9 Å². The number of halogens is 2. The van der Waals surface area contributed by atoms with Gasteiger partial charge in [0.2, 0.25) is 5.91 Å². The molecule has 0 spiro atoms. The minimum atomic E-state index is -0.563. The highest BCUT2D eigenvalue weighted by Gasteiger charge is 2.27. The maximum absolute atomic E-state index is 14.4. The fraction of sp³-hybridized carbons (Fsp3) is 0.348. The van der Waals surface area contributed by atoms with Gasteiger partial charge in [-0.2, -0.15) is 0 Å². The first-order valence-electron chi connectivity index (χ1n) is 10.5. The van der Waals surface area contributed by atoms with E-state index in [-0.39, 0.29) is 22.7 Å². The van der Waals surface area contributed by atoms with Gasteiger partial charge in [0.1, 0.15) is 18.8 Å². The number of benzene rings is 2. The molecule has 1 aliphatic heterocycles. The SMILES string of the molecule is CN.COc1cc2ncnc(Nc3cccc(Cl)c3F)c2cc1OC[C@@H]1CCCN1C(C)=O. The average Bonchev–Trinajstić information content (AvgIpc) is 3.31. The van der Waals surface area contributed by atoms with Crippen LogP contribution >= 0.6 is 11.6 Å². The van der Waals surface area contributed by atoms with Crippen LogP contribution in [-0.4, -0.2) is 54.1 Å². The smallest absolute Gasteiger partial charge is 0.219 e. The molecule has 0 radical (unpaired) electrons. The third-order valence-electron chi connectivity index (χ3n) is 5.34. The van der Waals surface area contributed by atoms with Gasteiger partial charge < -0.3 is 25.4 Å². The largest absolute Gasteiger partial charge is 0.493 e. The number of ether oxygens (including phenoxy) is 2. The molecule has 0 aliphatic carbocycles. The molecule has 0 saturated carbocycles. The Balaban J connectivity index is 0.00000149. The lowest BCUT2D eigenvalue weighted by Gasteiger charge is -2.24. The summed E-state index contributed by atoms with van der Waals surface area (Å²) in [5, 5.41) is 3.63. The highest BCUT2D eigenvalue weighted by atomic mass is 35.5. The van der Waals surface area contributed by atoms with Crippen LogP contribution in [0.5, 0.6) is 11.5 Å². The Morgan fingerprint density at radius 2 is 2.09 bits per heavy atom. The first-order chi connectivity index (χ1) is 16.0. The topological polar surface area (TPSA) is 103 Å². The van der Waals surface area contributed by atoms with Crippen LogP contribution in [0.4, 0.5) is 15.9 Å². The van der Waals surface area contributed by atoms with Gasteiger partial charge in [0, 0.05) is 24.9 Å². The second-order valence-corrected chi connectivity index (χ2v) is 7.70. The maximum Gasteiger partial charge on any atom is 0.219 e. The molecule has 33 heavy (non-hydrogen) atoms. The Bertz CT molecular complexity index is 1130. The van der Waals surface area contributed by atoms with Crippen molar-refractivity contribution in [3.8, 4) is 11.5 Å². The van der Waals surface area contributed by atoms with Gasteiger partial charge in [-0.05, 0) is 38.1 Å². The van der Waals surface area contributed by atoms with Crippen LogP contribution in [0.3, 0.4) is 0 Å². The molecule has 1 atom stereocenters. The van der Waals surface area contributed by atoms with E-state index in [0.29, 0.717) is 34.8 Å². The number of nitrogens with two attached hydrogens (primary N) is 1. The van der Waals surface area contributed by atoms with Crippen molar-refractivity contribution in [1.29, 1.82) is 0 Å². The zero-order chi connectivity index (χ0) is 24.0. The fourth-order valence-corrected chi connectivity index (χ4v) is 3.95. The number of amides is 1. The Morgan fingerprint density at radius 3 is 2.82 bits per heavy atom. The number of methoxy groups -OCH3 is 1. The van der Waals surface area contributed by atoms with E-state index in [1.54, 1.807) is 38.3 Å².